The van der Waals surface area contributed by atoms with Gasteiger partial charge in [-0.25, -0.2) is 0 Å². The molecule has 21 heavy (non-hydrogen) atoms. The molecular weight excluding hydrogens is 306 g/mol. The van der Waals surface area contributed by atoms with Crippen molar-refractivity contribution in [1.82, 2.24) is 9.80 Å². The molecule has 6 heteroatoms. The monoisotopic (exact) mass is 325 g/mol. The summed E-state index contributed by atoms with van der Waals surface area (Å²) >= 11 is 7.58. The van der Waals surface area contributed by atoms with E-state index < -0.39 is 0 Å². The van der Waals surface area contributed by atoms with E-state index >= 15 is 0 Å². The molecular formula is C15H20ClN3OS. The number of halogens is 1. The van der Waals surface area contributed by atoms with Crippen molar-refractivity contribution in [2.45, 2.75) is 6.42 Å². The summed E-state index contributed by atoms with van der Waals surface area (Å²) in [6.07, 6.45) is 0.931. The fraction of sp³-hybridized carbons (Fsp3) is 0.400. The van der Waals surface area contributed by atoms with Crippen molar-refractivity contribution in [1.29, 1.82) is 0 Å². The van der Waals surface area contributed by atoms with E-state index in [0.717, 1.165) is 23.1 Å². The number of carbonyl (C=O) groups excluding carboxylic acids is 1. The van der Waals surface area contributed by atoms with E-state index in [2.05, 4.69) is 4.90 Å². The third-order valence-electron chi connectivity index (χ3n) is 3.34. The second-order valence-corrected chi connectivity index (χ2v) is 6.80. The second-order valence-electron chi connectivity index (χ2n) is 5.34. The van der Waals surface area contributed by atoms with Crippen molar-refractivity contribution >= 4 is 44.6 Å². The average molecular weight is 326 g/mol. The van der Waals surface area contributed by atoms with Crippen molar-refractivity contribution < 1.29 is 4.79 Å². The van der Waals surface area contributed by atoms with Crippen molar-refractivity contribution in [3.05, 3.63) is 28.1 Å². The molecule has 1 amide bonds. The first-order valence-corrected chi connectivity index (χ1v) is 7.98. The van der Waals surface area contributed by atoms with E-state index in [9.17, 15) is 4.79 Å². The van der Waals surface area contributed by atoms with Crippen molar-refractivity contribution in [3.63, 3.8) is 0 Å². The van der Waals surface area contributed by atoms with Crippen molar-refractivity contribution in [2.75, 3.05) is 40.0 Å². The van der Waals surface area contributed by atoms with Crippen molar-refractivity contribution in [2.24, 2.45) is 0 Å². The van der Waals surface area contributed by atoms with Crippen LogP contribution in [0.5, 0.6) is 0 Å². The molecule has 4 nitrogen and oxygen atoms in total. The van der Waals surface area contributed by atoms with Gasteiger partial charge in [0.25, 0.3) is 5.91 Å². The lowest BCUT2D eigenvalue weighted by atomic mass is 10.2. The molecule has 0 saturated carbocycles. The highest BCUT2D eigenvalue weighted by Crippen LogP contribution is 2.38. The van der Waals surface area contributed by atoms with Crippen LogP contribution in [0.4, 0.5) is 5.69 Å². The Morgan fingerprint density at radius 1 is 1.29 bits per heavy atom. The Labute approximate surface area is 134 Å². The Morgan fingerprint density at radius 3 is 2.62 bits per heavy atom. The molecule has 2 aromatic rings. The molecule has 0 radical (unpaired) electrons. The number of hydrogen-bond donors (Lipinski definition) is 1. The summed E-state index contributed by atoms with van der Waals surface area (Å²) in [6.45, 7) is 1.66. The second kappa shape index (κ2) is 6.64. The minimum atomic E-state index is -0.0384. The first kappa shape index (κ1) is 16.1. The molecule has 2 N–H and O–H groups in total. The normalized spacial score (nSPS) is 11.3. The number of amides is 1. The fourth-order valence-corrected chi connectivity index (χ4v) is 3.66. The maximum absolute atomic E-state index is 12.5. The van der Waals surface area contributed by atoms with E-state index in [4.69, 9.17) is 17.3 Å². The maximum atomic E-state index is 12.5. The van der Waals surface area contributed by atoms with Crippen LogP contribution < -0.4 is 5.73 Å². The smallest absolute Gasteiger partial charge is 0.265 e. The van der Waals surface area contributed by atoms with Crippen molar-refractivity contribution in [3.8, 4) is 0 Å². The summed E-state index contributed by atoms with van der Waals surface area (Å²) in [7, 11) is 5.85. The molecule has 0 aliphatic heterocycles. The summed E-state index contributed by atoms with van der Waals surface area (Å²) in [5.74, 6) is -0.0384. The van der Waals surface area contributed by atoms with Gasteiger partial charge in [0.15, 0.2) is 0 Å². The van der Waals surface area contributed by atoms with Gasteiger partial charge in [0.1, 0.15) is 4.88 Å². The van der Waals surface area contributed by atoms with Gasteiger partial charge in [0, 0.05) is 23.7 Å². The zero-order chi connectivity index (χ0) is 15.6. The number of carbonyl (C=O) groups is 1. The molecule has 0 aliphatic carbocycles. The van der Waals surface area contributed by atoms with Crippen LogP contribution in [0.15, 0.2) is 18.2 Å². The predicted octanol–water partition coefficient (Wildman–Crippen LogP) is 3.16. The van der Waals surface area contributed by atoms with Gasteiger partial charge in [-0.1, -0.05) is 17.7 Å². The molecule has 0 atom stereocenters. The number of anilines is 1. The zero-order valence-electron chi connectivity index (χ0n) is 12.5. The number of fused-ring (bicyclic) bond motifs is 1. The summed E-state index contributed by atoms with van der Waals surface area (Å²) < 4.78 is 0.949. The first-order chi connectivity index (χ1) is 9.91. The van der Waals surface area contributed by atoms with Crippen LogP contribution >= 0.6 is 22.9 Å². The number of thiophene rings is 1. The van der Waals surface area contributed by atoms with Gasteiger partial charge in [0.05, 0.1) is 10.7 Å². The van der Waals surface area contributed by atoms with Crippen LogP contribution in [0.1, 0.15) is 16.1 Å². The molecule has 1 aromatic carbocycles. The molecule has 114 valence electrons. The van der Waals surface area contributed by atoms with Crippen LogP contribution in [-0.4, -0.2) is 49.9 Å². The van der Waals surface area contributed by atoms with Gasteiger partial charge < -0.3 is 15.5 Å². The minimum absolute atomic E-state index is 0.0384. The summed E-state index contributed by atoms with van der Waals surface area (Å²) in [4.78, 5) is 16.9. The Bertz CT molecular complexity index is 654. The Kier molecular flexibility index (Phi) is 5.08. The Hall–Kier alpha value is -1.30. The van der Waals surface area contributed by atoms with Gasteiger partial charge in [-0.05, 0) is 39.2 Å². The lowest BCUT2D eigenvalue weighted by Gasteiger charge is -2.18. The third kappa shape index (κ3) is 3.48. The molecule has 0 unspecified atom stereocenters. The van der Waals surface area contributed by atoms with E-state index in [1.165, 1.54) is 11.3 Å². The van der Waals surface area contributed by atoms with Crippen LogP contribution in [0.3, 0.4) is 0 Å². The van der Waals surface area contributed by atoms with E-state index in [1.54, 1.807) is 11.0 Å². The zero-order valence-corrected chi connectivity index (χ0v) is 14.1. The predicted molar refractivity (Wildman–Crippen MR) is 91.4 cm³/mol. The van der Waals surface area contributed by atoms with Crippen LogP contribution in [0.2, 0.25) is 5.02 Å². The highest BCUT2D eigenvalue weighted by molar-refractivity contribution is 7.21. The largest absolute Gasteiger partial charge is 0.397 e. The third-order valence-corrected chi connectivity index (χ3v) is 4.81. The Morgan fingerprint density at radius 2 is 2.00 bits per heavy atom. The van der Waals surface area contributed by atoms with E-state index in [1.807, 2.05) is 33.3 Å². The number of nitrogens with zero attached hydrogens (tertiary/aromatic N) is 2. The summed E-state index contributed by atoms with van der Waals surface area (Å²) in [6, 6.07) is 5.60. The van der Waals surface area contributed by atoms with Gasteiger partial charge >= 0.3 is 0 Å². The molecule has 0 aliphatic rings. The van der Waals surface area contributed by atoms with Crippen LogP contribution in [-0.2, 0) is 0 Å². The van der Waals surface area contributed by atoms with Gasteiger partial charge in [-0.3, -0.25) is 4.79 Å². The van der Waals surface area contributed by atoms with Gasteiger partial charge in [-0.2, -0.15) is 0 Å². The number of nitrogen functional groups attached to an aromatic ring is 1. The molecule has 1 heterocycles. The molecule has 0 fully saturated rings. The Balaban J connectivity index is 2.19. The lowest BCUT2D eigenvalue weighted by Crippen LogP contribution is -2.29. The van der Waals surface area contributed by atoms with E-state index in [0.29, 0.717) is 22.1 Å². The quantitative estimate of drug-likeness (QED) is 0.918. The number of nitrogens with two attached hydrogens (primary N) is 1. The van der Waals surface area contributed by atoms with Gasteiger partial charge in [0.2, 0.25) is 0 Å². The number of rotatable bonds is 5. The molecule has 1 aromatic heterocycles. The maximum Gasteiger partial charge on any atom is 0.265 e. The summed E-state index contributed by atoms with van der Waals surface area (Å²) in [5, 5.41) is 1.38. The highest BCUT2D eigenvalue weighted by atomic mass is 35.5. The van der Waals surface area contributed by atoms with Crippen LogP contribution in [0.25, 0.3) is 10.1 Å². The van der Waals surface area contributed by atoms with E-state index in [-0.39, 0.29) is 5.91 Å². The van der Waals surface area contributed by atoms with Gasteiger partial charge in [-0.15, -0.1) is 11.3 Å². The molecule has 0 bridgehead atoms. The number of benzene rings is 1. The average Bonchev–Trinajstić information content (AvgIpc) is 2.76. The summed E-state index contributed by atoms with van der Waals surface area (Å²) in [5.41, 5.74) is 6.62. The molecule has 0 saturated heterocycles. The molecule has 2 rings (SSSR count). The highest BCUT2D eigenvalue weighted by Gasteiger charge is 2.20. The minimum Gasteiger partial charge on any atom is -0.397 e. The SMILES string of the molecule is CN(C)CCCN(C)C(=O)c1sc2cccc(Cl)c2c1N. The van der Waals surface area contributed by atoms with Crippen LogP contribution in [0, 0.1) is 0 Å². The number of hydrogen-bond acceptors (Lipinski definition) is 4. The lowest BCUT2D eigenvalue weighted by molar-refractivity contribution is 0.0796. The topological polar surface area (TPSA) is 49.6 Å². The fourth-order valence-electron chi connectivity index (χ4n) is 2.19. The standard InChI is InChI=1S/C15H20ClN3OS/c1-18(2)8-5-9-19(3)15(20)14-13(17)12-10(16)6-4-7-11(12)21-14/h4,6-7H,5,8-9,17H2,1-3H3. The first-order valence-electron chi connectivity index (χ1n) is 6.78. The molecule has 0 spiro atoms.